The first-order valence-corrected chi connectivity index (χ1v) is 11.1. The third-order valence-electron chi connectivity index (χ3n) is 5.52. The van der Waals surface area contributed by atoms with Crippen LogP contribution in [0.4, 0.5) is 0 Å². The van der Waals surface area contributed by atoms with E-state index in [1.54, 1.807) is 6.07 Å². The van der Waals surface area contributed by atoms with Crippen molar-refractivity contribution in [2.45, 2.75) is 26.8 Å². The molecule has 6 heteroatoms. The molecule has 2 N–H and O–H groups in total. The van der Waals surface area contributed by atoms with E-state index < -0.39 is 5.97 Å². The quantitative estimate of drug-likeness (QED) is 0.248. The first kappa shape index (κ1) is 22.4. The minimum atomic E-state index is -0.997. The van der Waals surface area contributed by atoms with Crippen molar-refractivity contribution in [3.05, 3.63) is 83.9 Å². The van der Waals surface area contributed by atoms with Gasteiger partial charge in [0, 0.05) is 33.9 Å². The molecule has 0 atom stereocenters. The zero-order chi connectivity index (χ0) is 23.2. The summed E-state index contributed by atoms with van der Waals surface area (Å²) >= 11 is 0. The van der Waals surface area contributed by atoms with Crippen LogP contribution in [0.1, 0.15) is 24.5 Å². The van der Waals surface area contributed by atoms with Gasteiger partial charge in [-0.2, -0.15) is 0 Å². The van der Waals surface area contributed by atoms with Gasteiger partial charge in [-0.25, -0.2) is 4.79 Å². The minimum Gasteiger partial charge on any atom is -0.482 e. The smallest absolute Gasteiger partial charge is 0.341 e. The van der Waals surface area contributed by atoms with Gasteiger partial charge in [-0.05, 0) is 49.2 Å². The van der Waals surface area contributed by atoms with E-state index in [2.05, 4.69) is 71.6 Å². The third-order valence-corrected chi connectivity index (χ3v) is 5.52. The molecule has 0 aliphatic carbocycles. The van der Waals surface area contributed by atoms with Crippen LogP contribution in [0.2, 0.25) is 0 Å². The molecule has 0 saturated heterocycles. The summed E-state index contributed by atoms with van der Waals surface area (Å²) in [6.07, 6.45) is 2.90. The van der Waals surface area contributed by atoms with Gasteiger partial charge in [-0.1, -0.05) is 49.4 Å². The van der Waals surface area contributed by atoms with Crippen LogP contribution in [-0.2, 0) is 16.2 Å². The summed E-state index contributed by atoms with van der Waals surface area (Å²) < 4.78 is 7.62. The number of hydrogen-bond acceptors (Lipinski definition) is 4. The molecule has 0 fully saturated rings. The van der Waals surface area contributed by atoms with Gasteiger partial charge in [0.2, 0.25) is 0 Å². The SMILES string of the molecule is CCC=C(NOCCn1c2ccccc2c2ccccc21)c1ccc(OCC(=O)O)c(C)c1. The van der Waals surface area contributed by atoms with Gasteiger partial charge in [0.25, 0.3) is 0 Å². The summed E-state index contributed by atoms with van der Waals surface area (Å²) in [7, 11) is 0. The average Bonchev–Trinajstić information content (AvgIpc) is 3.14. The Kier molecular flexibility index (Phi) is 6.95. The molecule has 170 valence electrons. The van der Waals surface area contributed by atoms with Crippen LogP contribution in [0, 0.1) is 6.92 Å². The maximum absolute atomic E-state index is 10.8. The Hall–Kier alpha value is -3.77. The van der Waals surface area contributed by atoms with Gasteiger partial charge in [0.05, 0.1) is 12.3 Å². The maximum atomic E-state index is 10.8. The van der Waals surface area contributed by atoms with Crippen molar-refractivity contribution >= 4 is 33.5 Å². The van der Waals surface area contributed by atoms with E-state index in [4.69, 9.17) is 14.7 Å². The largest absolute Gasteiger partial charge is 0.482 e. The number of aryl methyl sites for hydroxylation is 1. The molecule has 0 amide bonds. The molecule has 0 aliphatic rings. The number of nitrogens with zero attached hydrogens (tertiary/aromatic N) is 1. The molecule has 3 aromatic carbocycles. The van der Waals surface area contributed by atoms with E-state index in [1.165, 1.54) is 21.8 Å². The third kappa shape index (κ3) is 5.02. The van der Waals surface area contributed by atoms with Crippen LogP contribution in [-0.4, -0.2) is 28.9 Å². The fourth-order valence-corrected chi connectivity index (χ4v) is 4.05. The van der Waals surface area contributed by atoms with Gasteiger partial charge in [-0.3, -0.25) is 10.3 Å². The van der Waals surface area contributed by atoms with Crippen molar-refractivity contribution in [2.24, 2.45) is 0 Å². The van der Waals surface area contributed by atoms with Gasteiger partial charge < -0.3 is 14.4 Å². The molecule has 33 heavy (non-hydrogen) atoms. The van der Waals surface area contributed by atoms with Gasteiger partial charge in [-0.15, -0.1) is 0 Å². The molecule has 0 radical (unpaired) electrons. The molecule has 6 nitrogen and oxygen atoms in total. The molecule has 1 heterocycles. The molecular weight excluding hydrogens is 416 g/mol. The number of rotatable bonds is 10. The molecule has 0 spiro atoms. The number of para-hydroxylation sites is 2. The van der Waals surface area contributed by atoms with Gasteiger partial charge >= 0.3 is 5.97 Å². The van der Waals surface area contributed by atoms with Gasteiger partial charge in [0.15, 0.2) is 6.61 Å². The molecule has 0 bridgehead atoms. The first-order valence-electron chi connectivity index (χ1n) is 11.1. The Morgan fingerprint density at radius 3 is 2.30 bits per heavy atom. The summed E-state index contributed by atoms with van der Waals surface area (Å²) in [6, 6.07) is 22.5. The molecule has 0 unspecified atom stereocenters. The van der Waals surface area contributed by atoms with Crippen LogP contribution in [0.15, 0.2) is 72.8 Å². The Bertz CT molecular complexity index is 1250. The Morgan fingerprint density at radius 1 is 1.03 bits per heavy atom. The zero-order valence-corrected chi connectivity index (χ0v) is 18.9. The van der Waals surface area contributed by atoms with Crippen LogP contribution in [0.25, 0.3) is 27.5 Å². The van der Waals surface area contributed by atoms with E-state index in [0.717, 1.165) is 23.2 Å². The van der Waals surface area contributed by atoms with Gasteiger partial charge in [0.1, 0.15) is 5.75 Å². The standard InChI is InChI=1S/C27H28N2O4/c1-3-8-23(20-13-14-26(19(2)17-20)32-18-27(30)31)28-33-16-15-29-24-11-6-4-9-21(24)22-10-5-7-12-25(22)29/h4-14,17,28H,3,15-16,18H2,1-2H3,(H,30,31). The normalized spacial score (nSPS) is 11.8. The highest BCUT2D eigenvalue weighted by atomic mass is 16.6. The van der Waals surface area contributed by atoms with E-state index in [0.29, 0.717) is 18.9 Å². The number of carboxylic acid groups (broad SMARTS) is 1. The summed E-state index contributed by atoms with van der Waals surface area (Å²) in [5.41, 5.74) is 8.18. The van der Waals surface area contributed by atoms with Crippen molar-refractivity contribution in [2.75, 3.05) is 13.2 Å². The molecule has 4 aromatic rings. The lowest BCUT2D eigenvalue weighted by Gasteiger charge is -2.15. The van der Waals surface area contributed by atoms with Crippen molar-refractivity contribution in [3.8, 4) is 5.75 Å². The Morgan fingerprint density at radius 2 is 1.70 bits per heavy atom. The molecule has 0 saturated carbocycles. The number of hydroxylamine groups is 1. The minimum absolute atomic E-state index is 0.359. The summed E-state index contributed by atoms with van der Waals surface area (Å²) in [4.78, 5) is 16.6. The number of carbonyl (C=O) groups is 1. The number of allylic oxidation sites excluding steroid dienone is 1. The number of nitrogens with one attached hydrogen (secondary N) is 1. The molecule has 1 aromatic heterocycles. The summed E-state index contributed by atoms with van der Waals surface area (Å²) in [5.74, 6) is -0.437. The van der Waals surface area contributed by atoms with Crippen molar-refractivity contribution < 1.29 is 19.5 Å². The Balaban J connectivity index is 1.44. The van der Waals surface area contributed by atoms with E-state index in [9.17, 15) is 4.79 Å². The molecule has 0 aliphatic heterocycles. The fraction of sp³-hybridized carbons (Fsp3) is 0.222. The highest BCUT2D eigenvalue weighted by Crippen LogP contribution is 2.28. The fourth-order valence-electron chi connectivity index (χ4n) is 4.05. The lowest BCUT2D eigenvalue weighted by atomic mass is 10.1. The first-order chi connectivity index (χ1) is 16.1. The highest BCUT2D eigenvalue weighted by Gasteiger charge is 2.10. The van der Waals surface area contributed by atoms with E-state index in [1.807, 2.05) is 19.1 Å². The number of aliphatic carboxylic acids is 1. The lowest BCUT2D eigenvalue weighted by molar-refractivity contribution is -0.139. The number of carboxylic acids is 1. The lowest BCUT2D eigenvalue weighted by Crippen LogP contribution is -2.17. The topological polar surface area (TPSA) is 72.7 Å². The van der Waals surface area contributed by atoms with Crippen molar-refractivity contribution in [1.29, 1.82) is 0 Å². The zero-order valence-electron chi connectivity index (χ0n) is 18.9. The molecule has 4 rings (SSSR count). The Labute approximate surface area is 193 Å². The van der Waals surface area contributed by atoms with Crippen LogP contribution < -0.4 is 10.2 Å². The number of ether oxygens (including phenoxy) is 1. The number of benzene rings is 3. The predicted molar refractivity (Wildman–Crippen MR) is 131 cm³/mol. The van der Waals surface area contributed by atoms with Crippen molar-refractivity contribution in [1.82, 2.24) is 10.0 Å². The second kappa shape index (κ2) is 10.2. The monoisotopic (exact) mass is 444 g/mol. The maximum Gasteiger partial charge on any atom is 0.341 e. The second-order valence-electron chi connectivity index (χ2n) is 7.83. The van der Waals surface area contributed by atoms with Crippen LogP contribution in [0.3, 0.4) is 0 Å². The number of hydrogen-bond donors (Lipinski definition) is 2. The predicted octanol–water partition coefficient (Wildman–Crippen LogP) is 5.54. The second-order valence-corrected chi connectivity index (χ2v) is 7.83. The van der Waals surface area contributed by atoms with Crippen molar-refractivity contribution in [3.63, 3.8) is 0 Å². The highest BCUT2D eigenvalue weighted by molar-refractivity contribution is 6.07. The number of fused-ring (bicyclic) bond motifs is 3. The summed E-state index contributed by atoms with van der Waals surface area (Å²) in [5, 5.41) is 11.3. The average molecular weight is 445 g/mol. The van der Waals surface area contributed by atoms with E-state index >= 15 is 0 Å². The molecular formula is C27H28N2O4. The summed E-state index contributed by atoms with van der Waals surface area (Å²) in [6.45, 7) is 4.80. The van der Waals surface area contributed by atoms with Crippen LogP contribution >= 0.6 is 0 Å². The van der Waals surface area contributed by atoms with Crippen LogP contribution in [0.5, 0.6) is 5.75 Å². The van der Waals surface area contributed by atoms with E-state index in [-0.39, 0.29) is 6.61 Å². The number of aromatic nitrogens is 1.